The molecule has 1 saturated heterocycles. The Kier molecular flexibility index (Phi) is 9.35. The second-order valence-electron chi connectivity index (χ2n) is 6.94. The van der Waals surface area contributed by atoms with Crippen LogP contribution < -0.4 is 11.1 Å². The van der Waals surface area contributed by atoms with E-state index in [1.807, 2.05) is 13.8 Å². The third-order valence-electron chi connectivity index (χ3n) is 4.62. The number of sulfonamides is 1. The first-order valence-corrected chi connectivity index (χ1v) is 10.5. The fourth-order valence-electron chi connectivity index (χ4n) is 2.82. The van der Waals surface area contributed by atoms with Crippen molar-refractivity contribution >= 4 is 34.2 Å². The number of hydrogen-bond donors (Lipinski definition) is 2. The maximum absolute atomic E-state index is 12.7. The van der Waals surface area contributed by atoms with Crippen molar-refractivity contribution in [2.24, 2.45) is 11.7 Å². The highest BCUT2D eigenvalue weighted by Gasteiger charge is 2.28. The first-order valence-electron chi connectivity index (χ1n) is 9.09. The molecule has 3 N–H and O–H groups in total. The van der Waals surface area contributed by atoms with Gasteiger partial charge in [0.15, 0.2) is 0 Å². The standard InChI is InChI=1S/C18H28N4O4S.ClH/c1-14(2)17(19)18(24)20-13-16(23)21-9-6-10-22(12-11-21)27(25,26)15-7-4-3-5-8-15;/h3-5,7-8,14,17H,6,9-13,19H2,1-2H3,(H,20,24);1H/t17-;/m0./s1. The molecule has 1 aliphatic rings. The summed E-state index contributed by atoms with van der Waals surface area (Å²) in [5, 5.41) is 2.56. The van der Waals surface area contributed by atoms with Crippen LogP contribution in [0.15, 0.2) is 35.2 Å². The number of nitrogens with zero attached hydrogens (tertiary/aromatic N) is 2. The molecule has 1 aromatic rings. The minimum atomic E-state index is -3.57. The van der Waals surface area contributed by atoms with Gasteiger partial charge in [-0.3, -0.25) is 9.59 Å². The number of carbonyl (C=O) groups excluding carboxylic acids is 2. The Labute approximate surface area is 172 Å². The van der Waals surface area contributed by atoms with Gasteiger partial charge in [0, 0.05) is 26.2 Å². The number of carbonyl (C=O) groups is 2. The highest BCUT2D eigenvalue weighted by atomic mass is 35.5. The van der Waals surface area contributed by atoms with Gasteiger partial charge in [0.1, 0.15) is 0 Å². The lowest BCUT2D eigenvalue weighted by Gasteiger charge is -2.22. The lowest BCUT2D eigenvalue weighted by atomic mass is 10.1. The van der Waals surface area contributed by atoms with E-state index in [0.29, 0.717) is 19.5 Å². The predicted molar refractivity (Wildman–Crippen MR) is 109 cm³/mol. The van der Waals surface area contributed by atoms with Crippen LogP contribution >= 0.6 is 12.4 Å². The zero-order valence-corrected chi connectivity index (χ0v) is 17.8. The number of rotatable bonds is 6. The molecule has 1 heterocycles. The highest BCUT2D eigenvalue weighted by molar-refractivity contribution is 7.89. The molecule has 8 nitrogen and oxygen atoms in total. The second-order valence-corrected chi connectivity index (χ2v) is 8.88. The number of nitrogens with one attached hydrogen (secondary N) is 1. The van der Waals surface area contributed by atoms with Gasteiger partial charge in [0.25, 0.3) is 0 Å². The van der Waals surface area contributed by atoms with E-state index in [-0.39, 0.29) is 54.7 Å². The summed E-state index contributed by atoms with van der Waals surface area (Å²) < 4.78 is 26.8. The minimum absolute atomic E-state index is 0. The smallest absolute Gasteiger partial charge is 0.243 e. The third kappa shape index (κ3) is 6.16. The Hall–Kier alpha value is -1.68. The molecule has 10 heteroatoms. The second kappa shape index (κ2) is 10.8. The molecule has 28 heavy (non-hydrogen) atoms. The van der Waals surface area contributed by atoms with Gasteiger partial charge in [0.05, 0.1) is 17.5 Å². The molecule has 0 unspecified atom stereocenters. The normalized spacial score (nSPS) is 16.8. The number of halogens is 1. The summed E-state index contributed by atoms with van der Waals surface area (Å²) in [7, 11) is -3.57. The van der Waals surface area contributed by atoms with Crippen LogP contribution in [0.4, 0.5) is 0 Å². The van der Waals surface area contributed by atoms with Crippen molar-refractivity contribution in [2.45, 2.75) is 31.2 Å². The number of amides is 2. The first-order chi connectivity index (χ1) is 12.7. The number of nitrogens with two attached hydrogens (primary N) is 1. The third-order valence-corrected chi connectivity index (χ3v) is 6.54. The van der Waals surface area contributed by atoms with Crippen molar-refractivity contribution in [3.8, 4) is 0 Å². The van der Waals surface area contributed by atoms with Crippen LogP contribution in [0, 0.1) is 5.92 Å². The van der Waals surface area contributed by atoms with Crippen LogP contribution in [0.5, 0.6) is 0 Å². The Morgan fingerprint density at radius 1 is 1.11 bits per heavy atom. The Balaban J connectivity index is 0.00000392. The fourth-order valence-corrected chi connectivity index (χ4v) is 4.31. The molecule has 0 radical (unpaired) electrons. The largest absolute Gasteiger partial charge is 0.346 e. The first kappa shape index (κ1) is 24.4. The van der Waals surface area contributed by atoms with E-state index in [4.69, 9.17) is 5.73 Å². The van der Waals surface area contributed by atoms with Crippen molar-refractivity contribution in [3.63, 3.8) is 0 Å². The van der Waals surface area contributed by atoms with Crippen molar-refractivity contribution in [3.05, 3.63) is 30.3 Å². The summed E-state index contributed by atoms with van der Waals surface area (Å²) in [6.07, 6.45) is 0.539. The lowest BCUT2D eigenvalue weighted by molar-refractivity contribution is -0.133. The van der Waals surface area contributed by atoms with Crippen LogP contribution in [0.3, 0.4) is 0 Å². The maximum Gasteiger partial charge on any atom is 0.243 e. The van der Waals surface area contributed by atoms with Gasteiger partial charge in [0.2, 0.25) is 21.8 Å². The van der Waals surface area contributed by atoms with Gasteiger partial charge >= 0.3 is 0 Å². The maximum atomic E-state index is 12.7. The van der Waals surface area contributed by atoms with Crippen molar-refractivity contribution in [2.75, 3.05) is 32.7 Å². The van der Waals surface area contributed by atoms with Gasteiger partial charge in [-0.2, -0.15) is 4.31 Å². The molecule has 0 saturated carbocycles. The molecule has 0 bridgehead atoms. The van der Waals surface area contributed by atoms with E-state index in [1.54, 1.807) is 35.2 Å². The van der Waals surface area contributed by atoms with Gasteiger partial charge in [-0.15, -0.1) is 12.4 Å². The molecule has 1 aromatic carbocycles. The van der Waals surface area contributed by atoms with E-state index in [9.17, 15) is 18.0 Å². The summed E-state index contributed by atoms with van der Waals surface area (Å²) in [5.74, 6) is -0.616. The lowest BCUT2D eigenvalue weighted by Crippen LogP contribution is -2.48. The van der Waals surface area contributed by atoms with Crippen molar-refractivity contribution in [1.29, 1.82) is 0 Å². The molecule has 2 rings (SSSR count). The summed E-state index contributed by atoms with van der Waals surface area (Å²) >= 11 is 0. The average molecular weight is 433 g/mol. The summed E-state index contributed by atoms with van der Waals surface area (Å²) in [6.45, 7) is 4.85. The van der Waals surface area contributed by atoms with Crippen LogP contribution in [-0.4, -0.2) is 68.2 Å². The number of benzene rings is 1. The quantitative estimate of drug-likeness (QED) is 0.676. The van der Waals surface area contributed by atoms with Crippen LogP contribution in [0.1, 0.15) is 20.3 Å². The van der Waals surface area contributed by atoms with Gasteiger partial charge in [-0.25, -0.2) is 8.42 Å². The molecule has 0 aromatic heterocycles. The fraction of sp³-hybridized carbons (Fsp3) is 0.556. The zero-order chi connectivity index (χ0) is 20.0. The van der Waals surface area contributed by atoms with Gasteiger partial charge < -0.3 is 16.0 Å². The average Bonchev–Trinajstić information content (AvgIpc) is 2.92. The van der Waals surface area contributed by atoms with Crippen LogP contribution in [0.25, 0.3) is 0 Å². The Morgan fingerprint density at radius 2 is 1.75 bits per heavy atom. The van der Waals surface area contributed by atoms with E-state index >= 15 is 0 Å². The topological polar surface area (TPSA) is 113 Å². The highest BCUT2D eigenvalue weighted by Crippen LogP contribution is 2.17. The Morgan fingerprint density at radius 3 is 2.36 bits per heavy atom. The van der Waals surface area contributed by atoms with E-state index < -0.39 is 16.1 Å². The molecule has 0 aliphatic carbocycles. The van der Waals surface area contributed by atoms with Gasteiger partial charge in [-0.1, -0.05) is 32.0 Å². The molecule has 2 amide bonds. The van der Waals surface area contributed by atoms with Crippen LogP contribution in [0.2, 0.25) is 0 Å². The van der Waals surface area contributed by atoms with Gasteiger partial charge in [-0.05, 0) is 24.5 Å². The summed E-state index contributed by atoms with van der Waals surface area (Å²) in [4.78, 5) is 26.1. The molecule has 158 valence electrons. The van der Waals surface area contributed by atoms with E-state index in [1.165, 1.54) is 4.31 Å². The zero-order valence-electron chi connectivity index (χ0n) is 16.2. The molecule has 1 atom stereocenters. The van der Waals surface area contributed by atoms with Crippen molar-refractivity contribution in [1.82, 2.24) is 14.5 Å². The number of hydrogen-bond acceptors (Lipinski definition) is 5. The van der Waals surface area contributed by atoms with Crippen LogP contribution in [-0.2, 0) is 19.6 Å². The molecule has 1 fully saturated rings. The SMILES string of the molecule is CC(C)[C@H](N)C(=O)NCC(=O)N1CCCN(S(=O)(=O)c2ccccc2)CC1.Cl. The molecule has 0 spiro atoms. The summed E-state index contributed by atoms with van der Waals surface area (Å²) in [5.41, 5.74) is 5.76. The predicted octanol–water partition coefficient (Wildman–Crippen LogP) is 0.431. The molecule has 1 aliphatic heterocycles. The monoisotopic (exact) mass is 432 g/mol. The molecular weight excluding hydrogens is 404 g/mol. The van der Waals surface area contributed by atoms with Crippen molar-refractivity contribution < 1.29 is 18.0 Å². The summed E-state index contributed by atoms with van der Waals surface area (Å²) in [6, 6.07) is 7.61. The Bertz CT molecular complexity index is 758. The minimum Gasteiger partial charge on any atom is -0.346 e. The van der Waals surface area contributed by atoms with E-state index in [2.05, 4.69) is 5.32 Å². The molecular formula is C18H29ClN4O4S. The van der Waals surface area contributed by atoms with E-state index in [0.717, 1.165) is 0 Å².